The number of benzene rings is 1. The Labute approximate surface area is 120 Å². The van der Waals surface area contributed by atoms with E-state index >= 15 is 0 Å². The average Bonchev–Trinajstić information content (AvgIpc) is 2.90. The molecular formula is C15H22ClNS. The highest BCUT2D eigenvalue weighted by Gasteiger charge is 2.25. The maximum atomic E-state index is 6.27. The zero-order chi connectivity index (χ0) is 12.8. The lowest BCUT2D eigenvalue weighted by Crippen LogP contribution is -2.39. The molecule has 2 unspecified atom stereocenters. The van der Waals surface area contributed by atoms with E-state index in [4.69, 9.17) is 11.6 Å². The second-order valence-corrected chi connectivity index (χ2v) is 6.66. The van der Waals surface area contributed by atoms with Gasteiger partial charge >= 0.3 is 0 Å². The van der Waals surface area contributed by atoms with E-state index in [9.17, 15) is 0 Å². The van der Waals surface area contributed by atoms with Crippen LogP contribution in [0.3, 0.4) is 0 Å². The van der Waals surface area contributed by atoms with Crippen LogP contribution in [0.2, 0.25) is 5.02 Å². The van der Waals surface area contributed by atoms with Crippen molar-refractivity contribution in [3.8, 4) is 0 Å². The first-order valence-electron chi connectivity index (χ1n) is 6.89. The molecule has 0 saturated carbocycles. The molecule has 1 saturated heterocycles. The van der Waals surface area contributed by atoms with Crippen LogP contribution >= 0.6 is 23.4 Å². The van der Waals surface area contributed by atoms with Gasteiger partial charge in [0.05, 0.1) is 0 Å². The fourth-order valence-electron chi connectivity index (χ4n) is 2.49. The minimum atomic E-state index is 0.567. The second-order valence-electron chi connectivity index (χ2n) is 4.91. The zero-order valence-electron chi connectivity index (χ0n) is 11.0. The van der Waals surface area contributed by atoms with E-state index < -0.39 is 0 Å². The molecule has 100 valence electrons. The van der Waals surface area contributed by atoms with Gasteiger partial charge in [0.25, 0.3) is 0 Å². The van der Waals surface area contributed by atoms with Gasteiger partial charge in [0.1, 0.15) is 0 Å². The minimum Gasteiger partial charge on any atom is -0.313 e. The molecule has 1 fully saturated rings. The normalized spacial score (nSPS) is 21.1. The molecule has 1 N–H and O–H groups in total. The number of thioether (sulfide) groups is 1. The summed E-state index contributed by atoms with van der Waals surface area (Å²) in [5.74, 6) is 1.32. The topological polar surface area (TPSA) is 12.0 Å². The fraction of sp³-hybridized carbons (Fsp3) is 0.600. The molecule has 1 aromatic rings. The van der Waals surface area contributed by atoms with E-state index in [2.05, 4.69) is 36.1 Å². The van der Waals surface area contributed by atoms with Crippen molar-refractivity contribution in [3.63, 3.8) is 0 Å². The quantitative estimate of drug-likeness (QED) is 0.842. The van der Waals surface area contributed by atoms with Gasteiger partial charge in [-0.15, -0.1) is 0 Å². The Morgan fingerprint density at radius 1 is 1.44 bits per heavy atom. The smallest absolute Gasteiger partial charge is 0.0438 e. The van der Waals surface area contributed by atoms with Crippen molar-refractivity contribution in [1.82, 2.24) is 5.32 Å². The van der Waals surface area contributed by atoms with Gasteiger partial charge in [0.15, 0.2) is 0 Å². The van der Waals surface area contributed by atoms with E-state index in [1.54, 1.807) is 0 Å². The first kappa shape index (κ1) is 14.2. The van der Waals surface area contributed by atoms with E-state index in [-0.39, 0.29) is 0 Å². The lowest BCUT2D eigenvalue weighted by molar-refractivity contribution is 0.482. The van der Waals surface area contributed by atoms with Gasteiger partial charge in [-0.1, -0.05) is 36.7 Å². The van der Waals surface area contributed by atoms with Crippen molar-refractivity contribution in [1.29, 1.82) is 0 Å². The van der Waals surface area contributed by atoms with Crippen LogP contribution < -0.4 is 5.32 Å². The molecule has 2 atom stereocenters. The maximum absolute atomic E-state index is 6.27. The highest BCUT2D eigenvalue weighted by atomic mass is 35.5. The lowest BCUT2D eigenvalue weighted by Gasteiger charge is -2.24. The van der Waals surface area contributed by atoms with Gasteiger partial charge in [-0.25, -0.2) is 0 Å². The number of rotatable bonds is 6. The van der Waals surface area contributed by atoms with Gasteiger partial charge < -0.3 is 5.32 Å². The van der Waals surface area contributed by atoms with Crippen LogP contribution in [0, 0.1) is 0 Å². The molecule has 3 heteroatoms. The van der Waals surface area contributed by atoms with Crippen molar-refractivity contribution in [3.05, 3.63) is 34.9 Å². The predicted octanol–water partition coefficient (Wildman–Crippen LogP) is 4.15. The molecule has 0 bridgehead atoms. The van der Waals surface area contributed by atoms with Crippen molar-refractivity contribution < 1.29 is 0 Å². The summed E-state index contributed by atoms with van der Waals surface area (Å²) in [7, 11) is 0. The summed E-state index contributed by atoms with van der Waals surface area (Å²) in [6, 6.07) is 8.81. The summed E-state index contributed by atoms with van der Waals surface area (Å²) in [5, 5.41) is 5.37. The number of hydrogen-bond donors (Lipinski definition) is 1. The Balaban J connectivity index is 2.02. The number of hydrogen-bond acceptors (Lipinski definition) is 2. The number of nitrogens with one attached hydrogen (secondary N) is 1. The Morgan fingerprint density at radius 3 is 2.94 bits per heavy atom. The average molecular weight is 284 g/mol. The third-order valence-electron chi connectivity index (χ3n) is 3.47. The maximum Gasteiger partial charge on any atom is 0.0438 e. The Bertz CT molecular complexity index is 363. The summed E-state index contributed by atoms with van der Waals surface area (Å²) in [6.45, 7) is 3.33. The second kappa shape index (κ2) is 7.42. The fourth-order valence-corrected chi connectivity index (χ4v) is 4.09. The van der Waals surface area contributed by atoms with E-state index in [0.717, 1.165) is 23.2 Å². The van der Waals surface area contributed by atoms with E-state index in [1.165, 1.54) is 30.6 Å². The molecule has 1 aromatic carbocycles. The molecule has 1 aliphatic heterocycles. The predicted molar refractivity (Wildman–Crippen MR) is 82.7 cm³/mol. The molecule has 0 aliphatic carbocycles. The zero-order valence-corrected chi connectivity index (χ0v) is 12.6. The third-order valence-corrected chi connectivity index (χ3v) is 5.35. The van der Waals surface area contributed by atoms with Crippen molar-refractivity contribution in [2.75, 3.05) is 12.3 Å². The first-order valence-corrected chi connectivity index (χ1v) is 8.32. The van der Waals surface area contributed by atoms with Crippen LogP contribution in [-0.4, -0.2) is 23.6 Å². The van der Waals surface area contributed by atoms with E-state index in [0.29, 0.717) is 6.04 Å². The third kappa shape index (κ3) is 3.91. The van der Waals surface area contributed by atoms with E-state index in [1.807, 2.05) is 12.1 Å². The monoisotopic (exact) mass is 283 g/mol. The molecule has 0 radical (unpaired) electrons. The minimum absolute atomic E-state index is 0.567. The van der Waals surface area contributed by atoms with Crippen molar-refractivity contribution in [2.45, 2.75) is 43.9 Å². The summed E-state index contributed by atoms with van der Waals surface area (Å²) >= 11 is 8.39. The molecular weight excluding hydrogens is 262 g/mol. The van der Waals surface area contributed by atoms with Gasteiger partial charge in [-0.05, 0) is 49.6 Å². The molecule has 0 spiro atoms. The van der Waals surface area contributed by atoms with Gasteiger partial charge in [0.2, 0.25) is 0 Å². The van der Waals surface area contributed by atoms with Crippen LogP contribution in [0.4, 0.5) is 0 Å². The summed E-state index contributed by atoms with van der Waals surface area (Å²) in [4.78, 5) is 0. The summed E-state index contributed by atoms with van der Waals surface area (Å²) < 4.78 is 0. The highest BCUT2D eigenvalue weighted by molar-refractivity contribution is 8.00. The molecule has 1 heterocycles. The molecule has 18 heavy (non-hydrogen) atoms. The lowest BCUT2D eigenvalue weighted by atomic mass is 10.0. The largest absolute Gasteiger partial charge is 0.313 e. The molecule has 2 rings (SSSR count). The number of halogens is 1. The summed E-state index contributed by atoms with van der Waals surface area (Å²) in [6.07, 6.45) is 4.95. The van der Waals surface area contributed by atoms with Gasteiger partial charge in [-0.3, -0.25) is 0 Å². The Kier molecular flexibility index (Phi) is 5.87. The summed E-state index contributed by atoms with van der Waals surface area (Å²) in [5.41, 5.74) is 1.28. The standard InChI is InChI=1S/C15H22ClNS/c1-2-9-17-14(15-8-5-10-18-15)11-12-6-3-4-7-13(12)16/h3-4,6-7,14-15,17H,2,5,8-11H2,1H3. The van der Waals surface area contributed by atoms with Crippen LogP contribution in [0.1, 0.15) is 31.7 Å². The van der Waals surface area contributed by atoms with Crippen LogP contribution in [-0.2, 0) is 6.42 Å². The molecule has 0 aromatic heterocycles. The Morgan fingerprint density at radius 2 is 2.28 bits per heavy atom. The SMILES string of the molecule is CCCNC(Cc1ccccc1Cl)C1CCCS1. The van der Waals surface area contributed by atoms with Crippen molar-refractivity contribution in [2.24, 2.45) is 0 Å². The van der Waals surface area contributed by atoms with Crippen LogP contribution in [0.25, 0.3) is 0 Å². The van der Waals surface area contributed by atoms with Crippen LogP contribution in [0.15, 0.2) is 24.3 Å². The molecule has 0 amide bonds. The highest BCUT2D eigenvalue weighted by Crippen LogP contribution is 2.31. The van der Waals surface area contributed by atoms with Gasteiger partial charge in [0, 0.05) is 16.3 Å². The van der Waals surface area contributed by atoms with Crippen molar-refractivity contribution >= 4 is 23.4 Å². The van der Waals surface area contributed by atoms with Gasteiger partial charge in [-0.2, -0.15) is 11.8 Å². The molecule has 1 aliphatic rings. The van der Waals surface area contributed by atoms with Crippen LogP contribution in [0.5, 0.6) is 0 Å². The Hall–Kier alpha value is -0.180. The first-order chi connectivity index (χ1) is 8.81. The molecule has 1 nitrogen and oxygen atoms in total.